The van der Waals surface area contributed by atoms with E-state index in [4.69, 9.17) is 0 Å². The van der Waals surface area contributed by atoms with Crippen LogP contribution in [0.4, 0.5) is 0 Å². The van der Waals surface area contributed by atoms with E-state index in [0.29, 0.717) is 0 Å². The third-order valence-corrected chi connectivity index (χ3v) is 3.56. The first-order valence-corrected chi connectivity index (χ1v) is 8.74. The van der Waals surface area contributed by atoms with E-state index in [1.54, 1.807) is 0 Å². The molecule has 0 saturated heterocycles. The smallest absolute Gasteiger partial charge is 0.0279 e. The molecule has 0 bridgehead atoms. The van der Waals surface area contributed by atoms with Crippen LogP contribution < -0.4 is 0 Å². The maximum Gasteiger partial charge on any atom is -0.0279 e. The molecule has 0 aromatic rings. The van der Waals surface area contributed by atoms with Gasteiger partial charge in [0.2, 0.25) is 0 Å². The van der Waals surface area contributed by atoms with Crippen LogP contribution in [0.1, 0.15) is 90.4 Å². The summed E-state index contributed by atoms with van der Waals surface area (Å²) in [4.78, 5) is 0. The Morgan fingerprint density at radius 3 is 1.90 bits per heavy atom. The lowest BCUT2D eigenvalue weighted by Crippen LogP contribution is -1.82. The zero-order valence-corrected chi connectivity index (χ0v) is 13.7. The van der Waals surface area contributed by atoms with E-state index < -0.39 is 0 Å². The molecule has 0 heteroatoms. The monoisotopic (exact) mass is 275 g/mol. The predicted octanol–water partition coefficient (Wildman–Crippen LogP) is 7.18. The summed E-state index contributed by atoms with van der Waals surface area (Å²) in [6, 6.07) is 0. The van der Waals surface area contributed by atoms with Crippen molar-refractivity contribution in [3.05, 3.63) is 37.0 Å². The Kier molecular flexibility index (Phi) is 17.5. The van der Waals surface area contributed by atoms with Crippen molar-refractivity contribution >= 4 is 0 Å². The Morgan fingerprint density at radius 2 is 1.35 bits per heavy atom. The maximum absolute atomic E-state index is 3.68. The zero-order valence-electron chi connectivity index (χ0n) is 13.7. The van der Waals surface area contributed by atoms with E-state index in [1.165, 1.54) is 70.6 Å². The van der Waals surface area contributed by atoms with Gasteiger partial charge in [-0.3, -0.25) is 0 Å². The van der Waals surface area contributed by atoms with Crippen molar-refractivity contribution in [2.45, 2.75) is 90.4 Å². The molecule has 0 aliphatic carbocycles. The second-order valence-electron chi connectivity index (χ2n) is 5.55. The van der Waals surface area contributed by atoms with Crippen LogP contribution >= 0.6 is 0 Å². The van der Waals surface area contributed by atoms with E-state index in [2.05, 4.69) is 37.8 Å². The molecule has 1 radical (unpaired) electrons. The summed E-state index contributed by atoms with van der Waals surface area (Å²) in [7, 11) is 0. The Hall–Kier alpha value is -0.780. The van der Waals surface area contributed by atoms with Gasteiger partial charge in [-0.05, 0) is 38.2 Å². The number of hydrogen-bond acceptors (Lipinski definition) is 0. The second kappa shape index (κ2) is 18.2. The molecule has 0 aliphatic heterocycles. The standard InChI is InChI=1S/C20H35/c1-3-5-7-9-11-13-15-17-19-20-18-16-14-12-10-8-6-4-2/h3,5-7H,1,4,9-20H2,2H3. The maximum atomic E-state index is 3.68. The van der Waals surface area contributed by atoms with Crippen LogP contribution in [-0.4, -0.2) is 0 Å². The SMILES string of the molecule is C=CC=CCCCCCCCCCCCC/[C]=C/CC. The van der Waals surface area contributed by atoms with E-state index in [-0.39, 0.29) is 0 Å². The van der Waals surface area contributed by atoms with Gasteiger partial charge in [0, 0.05) is 0 Å². The molecule has 0 saturated carbocycles. The highest BCUT2D eigenvalue weighted by Gasteiger charge is 1.92. The molecule has 0 rings (SSSR count). The summed E-state index contributed by atoms with van der Waals surface area (Å²) in [6.45, 7) is 5.85. The minimum absolute atomic E-state index is 1.13. The van der Waals surface area contributed by atoms with Crippen LogP contribution in [0, 0.1) is 6.08 Å². The average molecular weight is 276 g/mol. The molecule has 20 heavy (non-hydrogen) atoms. The molecule has 0 unspecified atom stereocenters. The molecule has 0 heterocycles. The van der Waals surface area contributed by atoms with Gasteiger partial charge in [0.05, 0.1) is 0 Å². The molecular formula is C20H35. The lowest BCUT2D eigenvalue weighted by Gasteiger charge is -2.01. The van der Waals surface area contributed by atoms with E-state index in [9.17, 15) is 0 Å². The van der Waals surface area contributed by atoms with E-state index in [1.807, 2.05) is 6.08 Å². The minimum Gasteiger partial charge on any atom is -0.0991 e. The van der Waals surface area contributed by atoms with Crippen LogP contribution in [0.15, 0.2) is 30.9 Å². The Morgan fingerprint density at radius 1 is 0.800 bits per heavy atom. The van der Waals surface area contributed by atoms with Gasteiger partial charge in [0.1, 0.15) is 0 Å². The van der Waals surface area contributed by atoms with Gasteiger partial charge in [-0.15, -0.1) is 0 Å². The van der Waals surface area contributed by atoms with Crippen molar-refractivity contribution in [2.24, 2.45) is 0 Å². The van der Waals surface area contributed by atoms with Crippen LogP contribution in [0.2, 0.25) is 0 Å². The Labute approximate surface area is 128 Å². The minimum atomic E-state index is 1.13. The molecule has 0 aliphatic rings. The quantitative estimate of drug-likeness (QED) is 0.219. The highest BCUT2D eigenvalue weighted by Crippen LogP contribution is 2.12. The number of unbranched alkanes of at least 4 members (excludes halogenated alkanes) is 11. The molecule has 0 fully saturated rings. The van der Waals surface area contributed by atoms with Crippen molar-refractivity contribution in [3.63, 3.8) is 0 Å². The predicted molar refractivity (Wildman–Crippen MR) is 92.8 cm³/mol. The summed E-state index contributed by atoms with van der Waals surface area (Å²) >= 11 is 0. The first kappa shape index (κ1) is 19.2. The number of allylic oxidation sites excluding steroid dienone is 5. The van der Waals surface area contributed by atoms with Gasteiger partial charge in [-0.25, -0.2) is 0 Å². The van der Waals surface area contributed by atoms with Gasteiger partial charge >= 0.3 is 0 Å². The molecule has 0 aromatic heterocycles. The fourth-order valence-corrected chi connectivity index (χ4v) is 2.34. The molecule has 0 amide bonds. The van der Waals surface area contributed by atoms with Crippen molar-refractivity contribution < 1.29 is 0 Å². The van der Waals surface area contributed by atoms with Crippen molar-refractivity contribution in [1.82, 2.24) is 0 Å². The van der Waals surface area contributed by atoms with Gasteiger partial charge in [-0.1, -0.05) is 89.2 Å². The molecule has 0 atom stereocenters. The highest BCUT2D eigenvalue weighted by molar-refractivity contribution is 4.96. The average Bonchev–Trinajstić information content (AvgIpc) is 2.47. The summed E-state index contributed by atoms with van der Waals surface area (Å²) in [5, 5.41) is 0. The normalized spacial score (nSPS) is 11.7. The lowest BCUT2D eigenvalue weighted by molar-refractivity contribution is 0.553. The van der Waals surface area contributed by atoms with Gasteiger partial charge in [0.15, 0.2) is 0 Å². The summed E-state index contributed by atoms with van der Waals surface area (Å²) in [6.07, 6.45) is 29.2. The van der Waals surface area contributed by atoms with Gasteiger partial charge < -0.3 is 0 Å². The third kappa shape index (κ3) is 17.2. The molecule has 0 N–H and O–H groups in total. The van der Waals surface area contributed by atoms with Crippen molar-refractivity contribution in [1.29, 1.82) is 0 Å². The third-order valence-electron chi connectivity index (χ3n) is 3.56. The highest BCUT2D eigenvalue weighted by atomic mass is 14.0. The molecule has 115 valence electrons. The largest absolute Gasteiger partial charge is 0.0991 e. The Balaban J connectivity index is 3.00. The van der Waals surface area contributed by atoms with E-state index >= 15 is 0 Å². The van der Waals surface area contributed by atoms with Crippen LogP contribution in [0.25, 0.3) is 0 Å². The lowest BCUT2D eigenvalue weighted by atomic mass is 10.0. The molecular weight excluding hydrogens is 240 g/mol. The van der Waals surface area contributed by atoms with E-state index in [0.717, 1.165) is 12.8 Å². The number of rotatable bonds is 15. The van der Waals surface area contributed by atoms with Crippen LogP contribution in [-0.2, 0) is 0 Å². The summed E-state index contributed by atoms with van der Waals surface area (Å²) in [5.41, 5.74) is 0. The second-order valence-corrected chi connectivity index (χ2v) is 5.55. The fraction of sp³-hybridized carbons (Fsp3) is 0.700. The summed E-state index contributed by atoms with van der Waals surface area (Å²) < 4.78 is 0. The van der Waals surface area contributed by atoms with Gasteiger partial charge in [-0.2, -0.15) is 0 Å². The van der Waals surface area contributed by atoms with Crippen molar-refractivity contribution in [3.8, 4) is 0 Å². The summed E-state index contributed by atoms with van der Waals surface area (Å²) in [5.74, 6) is 0. The van der Waals surface area contributed by atoms with Crippen molar-refractivity contribution in [2.75, 3.05) is 0 Å². The first-order valence-electron chi connectivity index (χ1n) is 8.74. The zero-order chi connectivity index (χ0) is 14.7. The van der Waals surface area contributed by atoms with Gasteiger partial charge in [0.25, 0.3) is 0 Å². The molecule has 0 aromatic carbocycles. The molecule has 0 nitrogen and oxygen atoms in total. The molecule has 0 spiro atoms. The number of hydrogen-bond donors (Lipinski definition) is 0. The topological polar surface area (TPSA) is 0 Å². The Bertz CT molecular complexity index is 234. The van der Waals surface area contributed by atoms with Crippen LogP contribution in [0.5, 0.6) is 0 Å². The van der Waals surface area contributed by atoms with Crippen LogP contribution in [0.3, 0.4) is 0 Å². The fourth-order valence-electron chi connectivity index (χ4n) is 2.34. The first-order chi connectivity index (χ1) is 9.91.